The first kappa shape index (κ1) is 17.7. The highest BCUT2D eigenvalue weighted by molar-refractivity contribution is 6.09. The van der Waals surface area contributed by atoms with Crippen LogP contribution in [0.5, 0.6) is 0 Å². The number of hydrogen-bond acceptors (Lipinski definition) is 2. The molecule has 1 saturated carbocycles. The minimum absolute atomic E-state index is 0.0995. The summed E-state index contributed by atoms with van der Waals surface area (Å²) >= 11 is 0. The fourth-order valence-electron chi connectivity index (χ4n) is 3.98. The Kier molecular flexibility index (Phi) is 5.57. The highest BCUT2D eigenvalue weighted by atomic mass is 16.2. The van der Waals surface area contributed by atoms with Gasteiger partial charge in [-0.2, -0.15) is 0 Å². The second-order valence-corrected chi connectivity index (χ2v) is 6.95. The molecule has 0 spiro atoms. The molecule has 1 aromatic carbocycles. The van der Waals surface area contributed by atoms with Gasteiger partial charge in [-0.05, 0) is 32.8 Å². The zero-order valence-electron chi connectivity index (χ0n) is 15.3. The van der Waals surface area contributed by atoms with Crippen LogP contribution in [0.3, 0.4) is 0 Å². The van der Waals surface area contributed by atoms with Crippen LogP contribution in [0.25, 0.3) is 10.9 Å². The Morgan fingerprint density at radius 1 is 1.08 bits per heavy atom. The molecule has 1 amide bonds. The number of rotatable bonds is 6. The molecule has 1 aromatic heterocycles. The van der Waals surface area contributed by atoms with Crippen LogP contribution >= 0.6 is 0 Å². The van der Waals surface area contributed by atoms with E-state index in [1.165, 1.54) is 6.42 Å². The van der Waals surface area contributed by atoms with Crippen LogP contribution in [0, 0.1) is 5.92 Å². The number of amides is 1. The van der Waals surface area contributed by atoms with Gasteiger partial charge in [0.05, 0.1) is 0 Å². The number of likely N-dealkylation sites (N-methyl/N-ethyl adjacent to an activating group) is 1. The third-order valence-electron chi connectivity index (χ3n) is 5.45. The lowest BCUT2D eigenvalue weighted by molar-refractivity contribution is -0.131. The van der Waals surface area contributed by atoms with E-state index < -0.39 is 0 Å². The lowest BCUT2D eigenvalue weighted by atomic mass is 9.84. The van der Waals surface area contributed by atoms with Gasteiger partial charge in [0.25, 0.3) is 0 Å². The van der Waals surface area contributed by atoms with Gasteiger partial charge in [-0.3, -0.25) is 9.59 Å². The van der Waals surface area contributed by atoms with Gasteiger partial charge in [0, 0.05) is 41.7 Å². The average Bonchev–Trinajstić information content (AvgIpc) is 3.01. The van der Waals surface area contributed by atoms with Crippen molar-refractivity contribution < 1.29 is 9.59 Å². The number of hydrogen-bond donors (Lipinski definition) is 0. The molecule has 0 atom stereocenters. The Labute approximate surface area is 149 Å². The second-order valence-electron chi connectivity index (χ2n) is 6.95. The number of fused-ring (bicyclic) bond motifs is 1. The maximum atomic E-state index is 13.1. The zero-order chi connectivity index (χ0) is 17.8. The molecule has 0 bridgehead atoms. The molecule has 4 heteroatoms. The molecule has 25 heavy (non-hydrogen) atoms. The maximum Gasteiger partial charge on any atom is 0.242 e. The number of carbonyl (C=O) groups is 2. The summed E-state index contributed by atoms with van der Waals surface area (Å²) in [4.78, 5) is 27.4. The molecule has 0 N–H and O–H groups in total. The molecule has 1 aliphatic carbocycles. The van der Waals surface area contributed by atoms with Crippen molar-refractivity contribution in [3.05, 3.63) is 36.0 Å². The second kappa shape index (κ2) is 7.85. The van der Waals surface area contributed by atoms with Crippen LogP contribution in [-0.4, -0.2) is 34.2 Å². The summed E-state index contributed by atoms with van der Waals surface area (Å²) in [5.41, 5.74) is 1.76. The molecule has 1 heterocycles. The monoisotopic (exact) mass is 340 g/mol. The molecule has 0 aliphatic heterocycles. The summed E-state index contributed by atoms with van der Waals surface area (Å²) < 4.78 is 1.95. The summed E-state index contributed by atoms with van der Waals surface area (Å²) in [7, 11) is 0. The van der Waals surface area contributed by atoms with Gasteiger partial charge in [-0.25, -0.2) is 0 Å². The quantitative estimate of drug-likeness (QED) is 0.737. The molecule has 0 unspecified atom stereocenters. The summed E-state index contributed by atoms with van der Waals surface area (Å²) in [6.07, 6.45) is 7.44. The van der Waals surface area contributed by atoms with Gasteiger partial charge < -0.3 is 9.47 Å². The summed E-state index contributed by atoms with van der Waals surface area (Å²) in [5.74, 6) is 0.499. The minimum atomic E-state index is 0.0995. The van der Waals surface area contributed by atoms with E-state index in [0.717, 1.165) is 42.1 Å². The Morgan fingerprint density at radius 3 is 2.44 bits per heavy atom. The highest BCUT2D eigenvalue weighted by Crippen LogP contribution is 2.30. The lowest BCUT2D eigenvalue weighted by Gasteiger charge is -2.20. The van der Waals surface area contributed by atoms with Gasteiger partial charge in [-0.15, -0.1) is 0 Å². The van der Waals surface area contributed by atoms with Gasteiger partial charge in [0.15, 0.2) is 5.78 Å². The zero-order valence-corrected chi connectivity index (χ0v) is 15.3. The third-order valence-corrected chi connectivity index (χ3v) is 5.45. The van der Waals surface area contributed by atoms with Crippen LogP contribution in [0.15, 0.2) is 30.5 Å². The van der Waals surface area contributed by atoms with Crippen molar-refractivity contribution in [2.45, 2.75) is 52.5 Å². The molecule has 2 aromatic rings. The van der Waals surface area contributed by atoms with Crippen LogP contribution in [0.2, 0.25) is 0 Å². The SMILES string of the molecule is CCN(CC)C(=O)Cn1cc(C(=O)C2CCCCC2)c2ccccc21. The number of carbonyl (C=O) groups excluding carboxylic acids is 2. The Hall–Kier alpha value is -2.10. The van der Waals surface area contributed by atoms with Crippen molar-refractivity contribution in [3.63, 3.8) is 0 Å². The predicted octanol–water partition coefficient (Wildman–Crippen LogP) is 4.27. The first-order valence-corrected chi connectivity index (χ1v) is 9.55. The maximum absolute atomic E-state index is 13.1. The molecule has 3 rings (SSSR count). The van der Waals surface area contributed by atoms with Gasteiger partial charge in [0.2, 0.25) is 5.91 Å². The Morgan fingerprint density at radius 2 is 1.76 bits per heavy atom. The Bertz CT molecular complexity index is 752. The van der Waals surface area contributed by atoms with Crippen molar-refractivity contribution >= 4 is 22.6 Å². The molecular formula is C21H28N2O2. The fraction of sp³-hybridized carbons (Fsp3) is 0.524. The van der Waals surface area contributed by atoms with E-state index in [0.29, 0.717) is 19.6 Å². The van der Waals surface area contributed by atoms with E-state index in [9.17, 15) is 9.59 Å². The van der Waals surface area contributed by atoms with Gasteiger partial charge in [0.1, 0.15) is 6.54 Å². The largest absolute Gasteiger partial charge is 0.342 e. The van der Waals surface area contributed by atoms with Crippen molar-refractivity contribution in [2.24, 2.45) is 5.92 Å². The number of nitrogens with zero attached hydrogens (tertiary/aromatic N) is 2. The topological polar surface area (TPSA) is 42.3 Å². The van der Waals surface area contributed by atoms with Crippen molar-refractivity contribution in [3.8, 4) is 0 Å². The summed E-state index contributed by atoms with van der Waals surface area (Å²) in [6.45, 7) is 5.70. The van der Waals surface area contributed by atoms with Crippen molar-refractivity contribution in [1.29, 1.82) is 0 Å². The van der Waals surface area contributed by atoms with Crippen LogP contribution in [0.4, 0.5) is 0 Å². The number of ketones is 1. The summed E-state index contributed by atoms with van der Waals surface area (Å²) in [5, 5.41) is 0.977. The van der Waals surface area contributed by atoms with Crippen molar-refractivity contribution in [2.75, 3.05) is 13.1 Å². The van der Waals surface area contributed by atoms with Gasteiger partial charge in [-0.1, -0.05) is 37.5 Å². The molecule has 0 saturated heterocycles. The smallest absolute Gasteiger partial charge is 0.242 e. The standard InChI is InChI=1S/C21H28N2O2/c1-3-22(4-2)20(24)15-23-14-18(17-12-8-9-13-19(17)23)21(25)16-10-6-5-7-11-16/h8-9,12-14,16H,3-7,10-11,15H2,1-2H3. The van der Waals surface area contributed by atoms with Crippen molar-refractivity contribution in [1.82, 2.24) is 9.47 Å². The van der Waals surface area contributed by atoms with Crippen LogP contribution < -0.4 is 0 Å². The van der Waals surface area contributed by atoms with E-state index in [1.807, 2.05) is 53.8 Å². The normalized spacial score (nSPS) is 15.4. The first-order valence-electron chi connectivity index (χ1n) is 9.55. The fourth-order valence-corrected chi connectivity index (χ4v) is 3.98. The van der Waals surface area contributed by atoms with Crippen LogP contribution in [-0.2, 0) is 11.3 Å². The number of aromatic nitrogens is 1. The average molecular weight is 340 g/mol. The first-order chi connectivity index (χ1) is 12.2. The number of Topliss-reactive ketones (excluding diaryl/α,β-unsaturated/α-hetero) is 1. The molecule has 4 nitrogen and oxygen atoms in total. The molecule has 134 valence electrons. The van der Waals surface area contributed by atoms with E-state index in [-0.39, 0.29) is 17.6 Å². The molecule has 1 aliphatic rings. The van der Waals surface area contributed by atoms with E-state index in [1.54, 1.807) is 0 Å². The number of para-hydroxylation sites is 1. The predicted molar refractivity (Wildman–Crippen MR) is 101 cm³/mol. The third kappa shape index (κ3) is 3.63. The minimum Gasteiger partial charge on any atom is -0.342 e. The lowest BCUT2D eigenvalue weighted by Crippen LogP contribution is -2.33. The van der Waals surface area contributed by atoms with E-state index >= 15 is 0 Å². The summed E-state index contributed by atoms with van der Waals surface area (Å²) in [6, 6.07) is 7.94. The molecule has 1 fully saturated rings. The van der Waals surface area contributed by atoms with E-state index in [4.69, 9.17) is 0 Å². The molecule has 0 radical (unpaired) electrons. The van der Waals surface area contributed by atoms with E-state index in [2.05, 4.69) is 0 Å². The Balaban J connectivity index is 1.92. The van der Waals surface area contributed by atoms with Crippen LogP contribution in [0.1, 0.15) is 56.3 Å². The van der Waals surface area contributed by atoms with Gasteiger partial charge >= 0.3 is 0 Å². The number of benzene rings is 1. The highest BCUT2D eigenvalue weighted by Gasteiger charge is 2.25. The molecular weight excluding hydrogens is 312 g/mol.